The van der Waals surface area contributed by atoms with E-state index in [1.54, 1.807) is 13.0 Å². The van der Waals surface area contributed by atoms with Gasteiger partial charge in [-0.2, -0.15) is 5.26 Å². The van der Waals surface area contributed by atoms with Crippen LogP contribution in [0.1, 0.15) is 11.1 Å². The maximum Gasteiger partial charge on any atom is 0.313 e. The quantitative estimate of drug-likeness (QED) is 0.621. The summed E-state index contributed by atoms with van der Waals surface area (Å²) in [5, 5.41) is 20.3. The number of nitrogens with zero attached hydrogens (tertiary/aromatic N) is 3. The number of benzene rings is 1. The van der Waals surface area contributed by atoms with Gasteiger partial charge in [0.05, 0.1) is 15.0 Å². The van der Waals surface area contributed by atoms with Crippen LogP contribution in [0.2, 0.25) is 10.0 Å². The summed E-state index contributed by atoms with van der Waals surface area (Å²) in [6.07, 6.45) is 1.44. The Balaban J connectivity index is 2.55. The molecule has 0 radical (unpaired) electrons. The predicted octanol–water partition coefficient (Wildman–Crippen LogP) is 4.27. The van der Waals surface area contributed by atoms with Crippen LogP contribution >= 0.6 is 23.2 Å². The fourth-order valence-corrected chi connectivity index (χ4v) is 1.90. The van der Waals surface area contributed by atoms with Crippen molar-refractivity contribution in [2.45, 2.75) is 6.92 Å². The Morgan fingerprint density at radius 3 is 2.67 bits per heavy atom. The zero-order chi connectivity index (χ0) is 15.6. The summed E-state index contributed by atoms with van der Waals surface area (Å²) in [4.78, 5) is 14.3. The third-order valence-corrected chi connectivity index (χ3v) is 3.36. The molecule has 1 heterocycles. The smallest absolute Gasteiger partial charge is 0.313 e. The first-order valence-electron chi connectivity index (χ1n) is 5.61. The van der Waals surface area contributed by atoms with E-state index in [-0.39, 0.29) is 32.9 Å². The number of pyridine rings is 1. The van der Waals surface area contributed by atoms with E-state index in [1.807, 2.05) is 6.07 Å². The first-order chi connectivity index (χ1) is 9.93. The van der Waals surface area contributed by atoms with Crippen molar-refractivity contribution in [3.05, 3.63) is 55.7 Å². The largest absolute Gasteiger partial charge is 0.430 e. The van der Waals surface area contributed by atoms with Crippen LogP contribution in [0, 0.1) is 28.4 Å². The zero-order valence-corrected chi connectivity index (χ0v) is 12.1. The predicted molar refractivity (Wildman–Crippen MR) is 76.9 cm³/mol. The number of halogens is 2. The zero-order valence-electron chi connectivity index (χ0n) is 10.6. The molecule has 0 aliphatic rings. The topological polar surface area (TPSA) is 89.1 Å². The second kappa shape index (κ2) is 5.95. The highest BCUT2D eigenvalue weighted by molar-refractivity contribution is 6.42. The van der Waals surface area contributed by atoms with Crippen LogP contribution in [0.4, 0.5) is 5.69 Å². The van der Waals surface area contributed by atoms with Crippen LogP contribution in [0.5, 0.6) is 11.6 Å². The number of nitro benzene ring substituents is 1. The van der Waals surface area contributed by atoms with Crippen molar-refractivity contribution in [3.63, 3.8) is 0 Å². The standard InChI is InChI=1S/C13H7Cl2N3O3/c1-7-2-3-17-13(8(7)6-16)21-12-5-10(15)9(14)4-11(12)18(19)20/h2-5H,1H3. The molecule has 1 aromatic heterocycles. The lowest BCUT2D eigenvalue weighted by molar-refractivity contribution is -0.385. The summed E-state index contributed by atoms with van der Waals surface area (Å²) in [6.45, 7) is 1.70. The van der Waals surface area contributed by atoms with Gasteiger partial charge in [-0.15, -0.1) is 0 Å². The molecular weight excluding hydrogens is 317 g/mol. The second-order valence-electron chi connectivity index (χ2n) is 4.01. The summed E-state index contributed by atoms with van der Waals surface area (Å²) in [6, 6.07) is 5.88. The summed E-state index contributed by atoms with van der Waals surface area (Å²) in [5.74, 6) is -0.164. The molecule has 0 bridgehead atoms. The molecule has 2 rings (SSSR count). The van der Waals surface area contributed by atoms with E-state index in [4.69, 9.17) is 33.2 Å². The first kappa shape index (κ1) is 15.0. The van der Waals surface area contributed by atoms with Crippen molar-refractivity contribution >= 4 is 28.9 Å². The number of rotatable bonds is 3. The molecule has 0 unspecified atom stereocenters. The molecule has 0 N–H and O–H groups in total. The first-order valence-corrected chi connectivity index (χ1v) is 6.36. The number of aromatic nitrogens is 1. The third kappa shape index (κ3) is 3.05. The highest BCUT2D eigenvalue weighted by Crippen LogP contribution is 2.38. The average molecular weight is 324 g/mol. The van der Waals surface area contributed by atoms with Crippen LogP contribution in [-0.4, -0.2) is 9.91 Å². The van der Waals surface area contributed by atoms with Crippen molar-refractivity contribution in [2.24, 2.45) is 0 Å². The average Bonchev–Trinajstić information content (AvgIpc) is 2.42. The lowest BCUT2D eigenvalue weighted by atomic mass is 10.2. The molecule has 0 aliphatic heterocycles. The van der Waals surface area contributed by atoms with Crippen LogP contribution in [0.3, 0.4) is 0 Å². The molecule has 0 fully saturated rings. The Hall–Kier alpha value is -2.36. The van der Waals surface area contributed by atoms with Gasteiger partial charge in [0, 0.05) is 18.3 Å². The Morgan fingerprint density at radius 1 is 1.38 bits per heavy atom. The Kier molecular flexibility index (Phi) is 4.26. The fourth-order valence-electron chi connectivity index (χ4n) is 1.59. The Morgan fingerprint density at radius 2 is 2.05 bits per heavy atom. The van der Waals surface area contributed by atoms with Crippen molar-refractivity contribution in [1.82, 2.24) is 4.98 Å². The number of nitro groups is 1. The van der Waals surface area contributed by atoms with E-state index in [1.165, 1.54) is 12.3 Å². The number of ether oxygens (including phenoxy) is 1. The minimum atomic E-state index is -0.653. The maximum atomic E-state index is 11.0. The molecule has 0 saturated heterocycles. The molecule has 8 heteroatoms. The van der Waals surface area contributed by atoms with Gasteiger partial charge in [0.1, 0.15) is 11.6 Å². The van der Waals surface area contributed by atoms with Gasteiger partial charge in [-0.3, -0.25) is 10.1 Å². The highest BCUT2D eigenvalue weighted by Gasteiger charge is 2.21. The van der Waals surface area contributed by atoms with Crippen molar-refractivity contribution in [2.75, 3.05) is 0 Å². The van der Waals surface area contributed by atoms with Crippen LogP contribution < -0.4 is 4.74 Å². The van der Waals surface area contributed by atoms with Crippen LogP contribution in [-0.2, 0) is 0 Å². The van der Waals surface area contributed by atoms with E-state index >= 15 is 0 Å². The van der Waals surface area contributed by atoms with E-state index in [0.29, 0.717) is 5.56 Å². The number of hydrogen-bond acceptors (Lipinski definition) is 5. The lowest BCUT2D eigenvalue weighted by Gasteiger charge is -2.09. The van der Waals surface area contributed by atoms with E-state index < -0.39 is 4.92 Å². The molecule has 0 aliphatic carbocycles. The Labute approximate surface area is 129 Å². The minimum Gasteiger partial charge on any atom is -0.430 e. The fraction of sp³-hybridized carbons (Fsp3) is 0.0769. The van der Waals surface area contributed by atoms with Gasteiger partial charge in [0.25, 0.3) is 0 Å². The molecule has 2 aromatic rings. The summed E-state index contributed by atoms with van der Waals surface area (Å²) in [5.41, 5.74) is 0.472. The van der Waals surface area contributed by atoms with Crippen molar-refractivity contribution in [3.8, 4) is 17.7 Å². The summed E-state index contributed by atoms with van der Waals surface area (Å²) in [7, 11) is 0. The number of hydrogen-bond donors (Lipinski definition) is 0. The molecule has 6 nitrogen and oxygen atoms in total. The van der Waals surface area contributed by atoms with Gasteiger partial charge in [0.2, 0.25) is 11.6 Å². The second-order valence-corrected chi connectivity index (χ2v) is 4.83. The molecule has 106 valence electrons. The molecule has 0 atom stereocenters. The van der Waals surface area contributed by atoms with Gasteiger partial charge < -0.3 is 4.74 Å². The van der Waals surface area contributed by atoms with E-state index in [2.05, 4.69) is 4.98 Å². The maximum absolute atomic E-state index is 11.0. The monoisotopic (exact) mass is 323 g/mol. The van der Waals surface area contributed by atoms with Gasteiger partial charge in [-0.25, -0.2) is 4.98 Å². The van der Waals surface area contributed by atoms with Crippen molar-refractivity contribution < 1.29 is 9.66 Å². The molecule has 0 amide bonds. The summed E-state index contributed by atoms with van der Waals surface area (Å²) >= 11 is 11.6. The van der Waals surface area contributed by atoms with E-state index in [9.17, 15) is 10.1 Å². The third-order valence-electron chi connectivity index (χ3n) is 2.64. The van der Waals surface area contributed by atoms with Crippen LogP contribution in [0.25, 0.3) is 0 Å². The molecule has 0 spiro atoms. The Bertz CT molecular complexity index is 772. The number of aryl methyl sites for hydroxylation is 1. The minimum absolute atomic E-state index is 0.0287. The molecular formula is C13H7Cl2N3O3. The van der Waals surface area contributed by atoms with Crippen molar-refractivity contribution in [1.29, 1.82) is 5.26 Å². The lowest BCUT2D eigenvalue weighted by Crippen LogP contribution is -1.98. The highest BCUT2D eigenvalue weighted by atomic mass is 35.5. The molecule has 1 aromatic carbocycles. The van der Waals surface area contributed by atoms with E-state index in [0.717, 1.165) is 6.07 Å². The normalized spacial score (nSPS) is 10.0. The van der Waals surface area contributed by atoms with Gasteiger partial charge in [0.15, 0.2) is 0 Å². The SMILES string of the molecule is Cc1ccnc(Oc2cc(Cl)c(Cl)cc2[N+](=O)[O-])c1C#N. The van der Waals surface area contributed by atoms with Gasteiger partial charge >= 0.3 is 5.69 Å². The summed E-state index contributed by atoms with van der Waals surface area (Å²) < 4.78 is 5.39. The molecule has 0 saturated carbocycles. The number of nitriles is 1. The van der Waals surface area contributed by atoms with Gasteiger partial charge in [-0.1, -0.05) is 23.2 Å². The van der Waals surface area contributed by atoms with Gasteiger partial charge in [-0.05, 0) is 18.6 Å². The molecule has 21 heavy (non-hydrogen) atoms. The van der Waals surface area contributed by atoms with Crippen LogP contribution in [0.15, 0.2) is 24.4 Å².